The summed E-state index contributed by atoms with van der Waals surface area (Å²) in [6.07, 6.45) is 1.68. The number of benzene rings is 3. The molecule has 0 saturated heterocycles. The number of hydrogen-bond acceptors (Lipinski definition) is 4. The summed E-state index contributed by atoms with van der Waals surface area (Å²) in [5.74, 6) is 0.428. The van der Waals surface area contributed by atoms with Gasteiger partial charge in [0, 0.05) is 5.69 Å². The molecule has 35 heavy (non-hydrogen) atoms. The molecule has 0 aliphatic rings. The van der Waals surface area contributed by atoms with Crippen molar-refractivity contribution in [1.29, 1.82) is 0 Å². The molecule has 1 aromatic heterocycles. The second kappa shape index (κ2) is 10.9. The molecule has 0 aliphatic carbocycles. The van der Waals surface area contributed by atoms with Crippen LogP contribution in [0.4, 0.5) is 5.69 Å². The first-order valence-corrected chi connectivity index (χ1v) is 13.1. The SMILES string of the molecule is CCc1cccc(CC)c1NC(=O)CSc1nc2ccccc2c(=O)n1-c1ccc(C(C)C)cc1. The lowest BCUT2D eigenvalue weighted by Crippen LogP contribution is -2.23. The Morgan fingerprint density at radius 1 is 0.943 bits per heavy atom. The summed E-state index contributed by atoms with van der Waals surface area (Å²) in [6, 6.07) is 21.4. The number of anilines is 1. The van der Waals surface area contributed by atoms with Gasteiger partial charge in [-0.1, -0.05) is 81.9 Å². The Labute approximate surface area is 210 Å². The molecule has 0 atom stereocenters. The number of carbonyl (C=O) groups excluding carboxylic acids is 1. The minimum absolute atomic E-state index is 0.116. The lowest BCUT2D eigenvalue weighted by atomic mass is 10.0. The number of rotatable bonds is 8. The number of nitrogens with zero attached hydrogens (tertiary/aromatic N) is 2. The molecule has 180 valence electrons. The van der Waals surface area contributed by atoms with E-state index in [1.165, 1.54) is 17.3 Å². The summed E-state index contributed by atoms with van der Waals surface area (Å²) in [5.41, 5.74) is 5.56. The lowest BCUT2D eigenvalue weighted by Gasteiger charge is -2.16. The number of thioether (sulfide) groups is 1. The molecule has 0 bridgehead atoms. The Morgan fingerprint density at radius 2 is 1.60 bits per heavy atom. The second-order valence-electron chi connectivity index (χ2n) is 8.79. The molecule has 0 spiro atoms. The Kier molecular flexibility index (Phi) is 7.71. The zero-order valence-electron chi connectivity index (χ0n) is 20.7. The monoisotopic (exact) mass is 485 g/mol. The highest BCUT2D eigenvalue weighted by molar-refractivity contribution is 7.99. The van der Waals surface area contributed by atoms with Gasteiger partial charge in [-0.15, -0.1) is 0 Å². The largest absolute Gasteiger partial charge is 0.325 e. The highest BCUT2D eigenvalue weighted by atomic mass is 32.2. The molecule has 0 radical (unpaired) electrons. The second-order valence-corrected chi connectivity index (χ2v) is 9.74. The van der Waals surface area contributed by atoms with Crippen LogP contribution in [0.1, 0.15) is 50.3 Å². The number of fused-ring (bicyclic) bond motifs is 1. The molecule has 1 amide bonds. The van der Waals surface area contributed by atoms with Crippen molar-refractivity contribution in [3.63, 3.8) is 0 Å². The Hall–Kier alpha value is -3.38. The number of para-hydroxylation sites is 2. The van der Waals surface area contributed by atoms with Crippen LogP contribution in [-0.4, -0.2) is 21.2 Å². The molecule has 0 fully saturated rings. The molecule has 3 aromatic carbocycles. The van der Waals surface area contributed by atoms with Crippen LogP contribution in [0, 0.1) is 0 Å². The van der Waals surface area contributed by atoms with Crippen molar-refractivity contribution in [2.75, 3.05) is 11.1 Å². The van der Waals surface area contributed by atoms with Gasteiger partial charge in [0.2, 0.25) is 5.91 Å². The maximum atomic E-state index is 13.5. The number of aromatic nitrogens is 2. The minimum atomic E-state index is -0.139. The third-order valence-corrected chi connectivity index (χ3v) is 7.10. The van der Waals surface area contributed by atoms with E-state index in [4.69, 9.17) is 4.98 Å². The van der Waals surface area contributed by atoms with Crippen LogP contribution in [0.5, 0.6) is 0 Å². The predicted octanol–water partition coefficient (Wildman–Crippen LogP) is 6.36. The van der Waals surface area contributed by atoms with Gasteiger partial charge in [-0.25, -0.2) is 4.98 Å². The Bertz CT molecular complexity index is 1390. The molecule has 6 heteroatoms. The number of aryl methyl sites for hydroxylation is 2. The summed E-state index contributed by atoms with van der Waals surface area (Å²) >= 11 is 1.28. The van der Waals surface area contributed by atoms with Crippen molar-refractivity contribution in [1.82, 2.24) is 9.55 Å². The van der Waals surface area contributed by atoms with Crippen LogP contribution in [0.2, 0.25) is 0 Å². The first kappa shape index (κ1) is 24.7. The van der Waals surface area contributed by atoms with Crippen molar-refractivity contribution in [3.05, 3.63) is 93.8 Å². The van der Waals surface area contributed by atoms with E-state index < -0.39 is 0 Å². The number of hydrogen-bond donors (Lipinski definition) is 1. The van der Waals surface area contributed by atoms with Crippen molar-refractivity contribution in [3.8, 4) is 5.69 Å². The summed E-state index contributed by atoms with van der Waals surface area (Å²) in [6.45, 7) is 8.45. The van der Waals surface area contributed by atoms with Crippen LogP contribution in [0.25, 0.3) is 16.6 Å². The molecular formula is C29H31N3O2S. The zero-order chi connectivity index (χ0) is 24.9. The van der Waals surface area contributed by atoms with Crippen LogP contribution < -0.4 is 10.9 Å². The van der Waals surface area contributed by atoms with Gasteiger partial charge in [-0.3, -0.25) is 14.2 Å². The van der Waals surface area contributed by atoms with Crippen LogP contribution in [-0.2, 0) is 17.6 Å². The van der Waals surface area contributed by atoms with Crippen LogP contribution in [0.15, 0.2) is 76.7 Å². The van der Waals surface area contributed by atoms with E-state index in [1.54, 1.807) is 10.6 Å². The lowest BCUT2D eigenvalue weighted by molar-refractivity contribution is -0.113. The molecule has 4 aromatic rings. The normalized spacial score (nSPS) is 11.2. The van der Waals surface area contributed by atoms with E-state index in [0.29, 0.717) is 22.0 Å². The van der Waals surface area contributed by atoms with Gasteiger partial charge in [0.05, 0.1) is 22.3 Å². The standard InChI is InChI=1S/C29H31N3O2S/c1-5-20-10-9-11-21(6-2)27(20)31-26(33)18-35-29-30-25-13-8-7-12-24(25)28(34)32(29)23-16-14-22(15-17-23)19(3)4/h7-17,19H,5-6,18H2,1-4H3,(H,31,33). The van der Waals surface area contributed by atoms with Crippen molar-refractivity contribution >= 4 is 34.3 Å². The van der Waals surface area contributed by atoms with Gasteiger partial charge in [0.1, 0.15) is 0 Å². The topological polar surface area (TPSA) is 64.0 Å². The zero-order valence-corrected chi connectivity index (χ0v) is 21.5. The number of carbonyl (C=O) groups is 1. The predicted molar refractivity (Wildman–Crippen MR) is 146 cm³/mol. The maximum absolute atomic E-state index is 13.5. The fourth-order valence-electron chi connectivity index (χ4n) is 4.15. The van der Waals surface area contributed by atoms with Gasteiger partial charge in [0.25, 0.3) is 5.56 Å². The number of amides is 1. The smallest absolute Gasteiger partial charge is 0.266 e. The summed E-state index contributed by atoms with van der Waals surface area (Å²) in [4.78, 5) is 31.2. The third-order valence-electron chi connectivity index (χ3n) is 6.16. The van der Waals surface area contributed by atoms with Gasteiger partial charge in [-0.2, -0.15) is 0 Å². The molecular weight excluding hydrogens is 454 g/mol. The third kappa shape index (κ3) is 5.33. The molecule has 1 N–H and O–H groups in total. The van der Waals surface area contributed by atoms with Crippen LogP contribution in [0.3, 0.4) is 0 Å². The van der Waals surface area contributed by atoms with E-state index in [9.17, 15) is 9.59 Å². The van der Waals surface area contributed by atoms with Gasteiger partial charge in [0.15, 0.2) is 5.16 Å². The average Bonchev–Trinajstić information content (AvgIpc) is 2.87. The highest BCUT2D eigenvalue weighted by Crippen LogP contribution is 2.25. The van der Waals surface area contributed by atoms with Gasteiger partial charge in [-0.05, 0) is 59.7 Å². The van der Waals surface area contributed by atoms with Crippen LogP contribution >= 0.6 is 11.8 Å². The van der Waals surface area contributed by atoms with E-state index in [1.807, 2.05) is 60.7 Å². The summed E-state index contributed by atoms with van der Waals surface area (Å²) in [7, 11) is 0. The molecule has 5 nitrogen and oxygen atoms in total. The molecule has 0 saturated carbocycles. The summed E-state index contributed by atoms with van der Waals surface area (Å²) < 4.78 is 1.61. The van der Waals surface area contributed by atoms with Crippen molar-refractivity contribution in [2.45, 2.75) is 51.6 Å². The molecule has 0 aliphatic heterocycles. The molecule has 1 heterocycles. The van der Waals surface area contributed by atoms with E-state index in [0.717, 1.165) is 35.3 Å². The van der Waals surface area contributed by atoms with E-state index in [-0.39, 0.29) is 17.2 Å². The minimum Gasteiger partial charge on any atom is -0.325 e. The van der Waals surface area contributed by atoms with E-state index >= 15 is 0 Å². The summed E-state index contributed by atoms with van der Waals surface area (Å²) in [5, 5.41) is 4.16. The Balaban J connectivity index is 1.67. The highest BCUT2D eigenvalue weighted by Gasteiger charge is 2.16. The fraction of sp³-hybridized carbons (Fsp3) is 0.276. The molecule has 4 rings (SSSR count). The average molecular weight is 486 g/mol. The number of nitrogens with one attached hydrogen (secondary N) is 1. The van der Waals surface area contributed by atoms with Gasteiger partial charge >= 0.3 is 0 Å². The van der Waals surface area contributed by atoms with Crippen molar-refractivity contribution < 1.29 is 4.79 Å². The fourth-order valence-corrected chi connectivity index (χ4v) is 4.97. The molecule has 0 unspecified atom stereocenters. The van der Waals surface area contributed by atoms with E-state index in [2.05, 4.69) is 33.0 Å². The van der Waals surface area contributed by atoms with Crippen molar-refractivity contribution in [2.24, 2.45) is 0 Å². The van der Waals surface area contributed by atoms with Gasteiger partial charge < -0.3 is 5.32 Å². The first-order valence-electron chi connectivity index (χ1n) is 12.1. The maximum Gasteiger partial charge on any atom is 0.266 e. The quantitative estimate of drug-likeness (QED) is 0.233. The first-order chi connectivity index (χ1) is 16.9. The Morgan fingerprint density at radius 3 is 2.23 bits per heavy atom.